The van der Waals surface area contributed by atoms with Gasteiger partial charge < -0.3 is 5.73 Å². The van der Waals surface area contributed by atoms with Crippen molar-refractivity contribution in [2.45, 2.75) is 31.6 Å². The number of hydrogen-bond donors (Lipinski definition) is 1. The Morgan fingerprint density at radius 2 is 2.31 bits per heavy atom. The molecule has 0 amide bonds. The normalized spacial score (nSPS) is 16.9. The van der Waals surface area contributed by atoms with E-state index in [0.29, 0.717) is 12.5 Å². The Labute approximate surface area is 94.3 Å². The molecular formula is C11H17N5. The first kappa shape index (κ1) is 9.84. The highest BCUT2D eigenvalue weighted by molar-refractivity contribution is 5.33. The third kappa shape index (κ3) is 1.35. The quantitative estimate of drug-likeness (QED) is 0.832. The highest BCUT2D eigenvalue weighted by atomic mass is 15.4. The smallest absolute Gasteiger partial charge is 0.232 e. The van der Waals surface area contributed by atoms with Gasteiger partial charge in [-0.25, -0.2) is 9.50 Å². The Morgan fingerprint density at radius 3 is 2.88 bits per heavy atom. The van der Waals surface area contributed by atoms with Gasteiger partial charge in [0, 0.05) is 19.4 Å². The monoisotopic (exact) mass is 219 g/mol. The summed E-state index contributed by atoms with van der Waals surface area (Å²) in [6.07, 6.45) is 6.68. The van der Waals surface area contributed by atoms with Crippen LogP contribution in [0.3, 0.4) is 0 Å². The van der Waals surface area contributed by atoms with Crippen LogP contribution >= 0.6 is 0 Å². The van der Waals surface area contributed by atoms with Crippen LogP contribution < -0.4 is 5.73 Å². The van der Waals surface area contributed by atoms with E-state index in [2.05, 4.69) is 21.7 Å². The molecule has 0 aliphatic heterocycles. The van der Waals surface area contributed by atoms with E-state index < -0.39 is 0 Å². The van der Waals surface area contributed by atoms with Gasteiger partial charge in [-0.3, -0.25) is 4.57 Å². The molecule has 1 aliphatic carbocycles. The van der Waals surface area contributed by atoms with Crippen LogP contribution in [-0.2, 0) is 13.5 Å². The number of aryl methyl sites for hydroxylation is 1. The Hall–Kier alpha value is -1.36. The second-order valence-corrected chi connectivity index (χ2v) is 4.56. The van der Waals surface area contributed by atoms with Gasteiger partial charge in [-0.1, -0.05) is 6.42 Å². The van der Waals surface area contributed by atoms with Gasteiger partial charge in [0.25, 0.3) is 0 Å². The van der Waals surface area contributed by atoms with Gasteiger partial charge in [0.15, 0.2) is 0 Å². The maximum atomic E-state index is 5.52. The van der Waals surface area contributed by atoms with Crippen molar-refractivity contribution in [2.24, 2.45) is 12.8 Å². The van der Waals surface area contributed by atoms with Gasteiger partial charge in [-0.05, 0) is 19.4 Å². The zero-order valence-corrected chi connectivity index (χ0v) is 9.56. The lowest BCUT2D eigenvalue weighted by molar-refractivity contribution is 0.392. The summed E-state index contributed by atoms with van der Waals surface area (Å²) in [4.78, 5) is 4.55. The lowest BCUT2D eigenvalue weighted by atomic mass is 9.85. The first-order valence-corrected chi connectivity index (χ1v) is 5.90. The SMILES string of the molecule is Cn1c(C2CCC2)nn2cc(CCN)nc12. The molecule has 5 heteroatoms. The van der Waals surface area contributed by atoms with E-state index in [0.717, 1.165) is 17.9 Å². The molecule has 2 aromatic rings. The molecule has 2 heterocycles. The zero-order valence-electron chi connectivity index (χ0n) is 9.56. The van der Waals surface area contributed by atoms with Crippen LogP contribution in [0, 0.1) is 0 Å². The Kier molecular flexibility index (Phi) is 2.21. The van der Waals surface area contributed by atoms with E-state index >= 15 is 0 Å². The van der Waals surface area contributed by atoms with Crippen molar-refractivity contribution in [2.75, 3.05) is 6.54 Å². The van der Waals surface area contributed by atoms with Gasteiger partial charge in [0.1, 0.15) is 5.82 Å². The molecule has 2 N–H and O–H groups in total. The summed E-state index contributed by atoms with van der Waals surface area (Å²) in [5.74, 6) is 2.75. The van der Waals surface area contributed by atoms with Crippen molar-refractivity contribution < 1.29 is 0 Å². The predicted molar refractivity (Wildman–Crippen MR) is 61.3 cm³/mol. The van der Waals surface area contributed by atoms with Crippen molar-refractivity contribution in [1.82, 2.24) is 19.2 Å². The first-order chi connectivity index (χ1) is 7.79. The van der Waals surface area contributed by atoms with Gasteiger partial charge in [0.05, 0.1) is 11.9 Å². The summed E-state index contributed by atoms with van der Waals surface area (Å²) in [5, 5.41) is 4.61. The molecule has 0 radical (unpaired) electrons. The fourth-order valence-corrected chi connectivity index (χ4v) is 2.28. The average Bonchev–Trinajstić information content (AvgIpc) is 2.67. The number of imidazole rings is 1. The van der Waals surface area contributed by atoms with E-state index in [1.807, 2.05) is 10.7 Å². The number of nitrogens with zero attached hydrogens (tertiary/aromatic N) is 4. The van der Waals surface area contributed by atoms with Crippen LogP contribution in [0.15, 0.2) is 6.20 Å². The third-order valence-electron chi connectivity index (χ3n) is 3.44. The summed E-state index contributed by atoms with van der Waals surface area (Å²) in [7, 11) is 2.05. The summed E-state index contributed by atoms with van der Waals surface area (Å²) < 4.78 is 4.00. The molecule has 16 heavy (non-hydrogen) atoms. The van der Waals surface area contributed by atoms with Crippen molar-refractivity contribution in [1.29, 1.82) is 0 Å². The van der Waals surface area contributed by atoms with Crippen LogP contribution in [0.4, 0.5) is 0 Å². The van der Waals surface area contributed by atoms with E-state index in [-0.39, 0.29) is 0 Å². The van der Waals surface area contributed by atoms with Gasteiger partial charge in [0.2, 0.25) is 5.78 Å². The molecule has 1 saturated carbocycles. The number of aromatic nitrogens is 4. The molecule has 1 aliphatic rings. The van der Waals surface area contributed by atoms with Crippen LogP contribution in [0.5, 0.6) is 0 Å². The maximum Gasteiger partial charge on any atom is 0.232 e. The molecule has 1 fully saturated rings. The average molecular weight is 219 g/mol. The lowest BCUT2D eigenvalue weighted by Gasteiger charge is -2.23. The van der Waals surface area contributed by atoms with Gasteiger partial charge in [-0.2, -0.15) is 5.10 Å². The predicted octanol–water partition coefficient (Wildman–Crippen LogP) is 0.836. The summed E-state index contributed by atoms with van der Waals surface area (Å²) in [5.41, 5.74) is 6.55. The third-order valence-corrected chi connectivity index (χ3v) is 3.44. The largest absolute Gasteiger partial charge is 0.330 e. The molecule has 0 bridgehead atoms. The molecule has 0 atom stereocenters. The molecule has 0 unspecified atom stereocenters. The molecule has 0 spiro atoms. The number of fused-ring (bicyclic) bond motifs is 1. The number of rotatable bonds is 3. The highest BCUT2D eigenvalue weighted by Crippen LogP contribution is 2.35. The second kappa shape index (κ2) is 3.59. The molecule has 0 saturated heterocycles. The molecule has 3 rings (SSSR count). The van der Waals surface area contributed by atoms with Crippen molar-refractivity contribution in [3.8, 4) is 0 Å². The molecule has 5 nitrogen and oxygen atoms in total. The summed E-state index contributed by atoms with van der Waals surface area (Å²) in [6, 6.07) is 0. The Bertz CT molecular complexity index is 506. The minimum absolute atomic E-state index is 0.638. The lowest BCUT2D eigenvalue weighted by Crippen LogP contribution is -2.14. The topological polar surface area (TPSA) is 61.1 Å². The van der Waals surface area contributed by atoms with Crippen LogP contribution in [0.1, 0.15) is 36.7 Å². The van der Waals surface area contributed by atoms with Gasteiger partial charge >= 0.3 is 0 Å². The Balaban J connectivity index is 2.00. The van der Waals surface area contributed by atoms with Crippen molar-refractivity contribution in [3.05, 3.63) is 17.7 Å². The maximum absolute atomic E-state index is 5.52. The fraction of sp³-hybridized carbons (Fsp3) is 0.636. The highest BCUT2D eigenvalue weighted by Gasteiger charge is 2.25. The van der Waals surface area contributed by atoms with E-state index in [9.17, 15) is 0 Å². The minimum Gasteiger partial charge on any atom is -0.330 e. The first-order valence-electron chi connectivity index (χ1n) is 5.90. The molecule has 86 valence electrons. The van der Waals surface area contributed by atoms with Crippen molar-refractivity contribution >= 4 is 5.78 Å². The minimum atomic E-state index is 0.638. The standard InChI is InChI=1S/C11H17N5/c1-15-10(8-3-2-4-8)14-16-7-9(5-6-12)13-11(15)16/h7-8H,2-6,12H2,1H3. The molecule has 0 aromatic carbocycles. The van der Waals surface area contributed by atoms with Crippen LogP contribution in [0.2, 0.25) is 0 Å². The van der Waals surface area contributed by atoms with E-state index in [4.69, 9.17) is 5.73 Å². The van der Waals surface area contributed by atoms with E-state index in [1.54, 1.807) is 0 Å². The van der Waals surface area contributed by atoms with Crippen LogP contribution in [0.25, 0.3) is 5.78 Å². The fourth-order valence-electron chi connectivity index (χ4n) is 2.28. The Morgan fingerprint density at radius 1 is 1.50 bits per heavy atom. The summed E-state index contributed by atoms with van der Waals surface area (Å²) in [6.45, 7) is 0.638. The number of nitrogens with two attached hydrogens (primary N) is 1. The second-order valence-electron chi connectivity index (χ2n) is 4.56. The number of hydrogen-bond acceptors (Lipinski definition) is 3. The van der Waals surface area contributed by atoms with Crippen LogP contribution in [-0.4, -0.2) is 25.7 Å². The molecule has 2 aromatic heterocycles. The van der Waals surface area contributed by atoms with E-state index in [1.165, 1.54) is 25.1 Å². The molecular weight excluding hydrogens is 202 g/mol. The summed E-state index contributed by atoms with van der Waals surface area (Å²) >= 11 is 0. The zero-order chi connectivity index (χ0) is 11.1. The van der Waals surface area contributed by atoms with Gasteiger partial charge in [-0.15, -0.1) is 0 Å². The van der Waals surface area contributed by atoms with Crippen molar-refractivity contribution in [3.63, 3.8) is 0 Å².